The van der Waals surface area contributed by atoms with E-state index in [1.54, 1.807) is 6.29 Å². The molecule has 0 aromatic rings. The molecule has 0 bridgehead atoms. The van der Waals surface area contributed by atoms with Gasteiger partial charge in [0.2, 0.25) is 0 Å². The van der Waals surface area contributed by atoms with Crippen molar-refractivity contribution in [3.05, 3.63) is 14.4 Å². The van der Waals surface area contributed by atoms with Gasteiger partial charge < -0.3 is 19.1 Å². The number of halogens is 1. The van der Waals surface area contributed by atoms with E-state index in [1.807, 2.05) is 0 Å². The van der Waals surface area contributed by atoms with Crippen molar-refractivity contribution in [2.75, 3.05) is 0 Å². The fourth-order valence-electron chi connectivity index (χ4n) is 0. The normalized spacial score (nSPS) is 10.0. The Morgan fingerprint density at radius 3 is 1.86 bits per heavy atom. The van der Waals surface area contributed by atoms with Crippen LogP contribution in [0.4, 0.5) is 0 Å². The third-order valence-corrected chi connectivity index (χ3v) is 0.315. The Kier molecular flexibility index (Phi) is 23.1. The third kappa shape index (κ3) is 18.9. The van der Waals surface area contributed by atoms with Gasteiger partial charge in [-0.05, 0) is 0 Å². The SMILES string of the molecule is [CH2-]C(Br)[C-]=O.[CH3-].[Y+3]. The first-order chi connectivity index (χ1) is 2.27. The second kappa shape index (κ2) is 10.3. The summed E-state index contributed by atoms with van der Waals surface area (Å²) in [6.45, 7) is 3.25. The van der Waals surface area contributed by atoms with Gasteiger partial charge in [-0.3, -0.25) is 6.29 Å². The van der Waals surface area contributed by atoms with Crippen molar-refractivity contribution in [2.24, 2.45) is 0 Å². The summed E-state index contributed by atoms with van der Waals surface area (Å²) in [6.07, 6.45) is 1.58. The molecule has 0 aromatic heterocycles. The van der Waals surface area contributed by atoms with Gasteiger partial charge in [0, 0.05) is 0 Å². The van der Waals surface area contributed by atoms with Gasteiger partial charge in [0.25, 0.3) is 0 Å². The van der Waals surface area contributed by atoms with Crippen LogP contribution in [0.1, 0.15) is 0 Å². The fourth-order valence-corrected chi connectivity index (χ4v) is 0. The largest absolute Gasteiger partial charge is 3.00 e. The molecule has 1 unspecified atom stereocenters. The van der Waals surface area contributed by atoms with E-state index in [2.05, 4.69) is 22.9 Å². The summed E-state index contributed by atoms with van der Waals surface area (Å²) in [7, 11) is 0. The van der Waals surface area contributed by atoms with Gasteiger partial charge >= 0.3 is 32.7 Å². The molecule has 0 fully saturated rings. The predicted molar refractivity (Wildman–Crippen MR) is 30.2 cm³/mol. The Morgan fingerprint density at radius 2 is 1.86 bits per heavy atom. The molecule has 0 aliphatic rings. The molecule has 0 saturated heterocycles. The molecule has 0 rings (SSSR count). The molecule has 1 nitrogen and oxygen atoms in total. The maximum Gasteiger partial charge on any atom is 3.00 e. The monoisotopic (exact) mass is 238 g/mol. The summed E-state index contributed by atoms with van der Waals surface area (Å²) >= 11 is 2.84. The van der Waals surface area contributed by atoms with Crippen LogP contribution in [0.2, 0.25) is 0 Å². The molecule has 3 heteroatoms. The number of alkyl halides is 1. The van der Waals surface area contributed by atoms with Crippen molar-refractivity contribution in [2.45, 2.75) is 4.83 Å². The molecule has 0 spiro atoms. The smallest absolute Gasteiger partial charge is 0.543 e. The zero-order valence-corrected chi connectivity index (χ0v) is 8.57. The average Bonchev–Trinajstić information content (AvgIpc) is 1.38. The summed E-state index contributed by atoms with van der Waals surface area (Å²) in [5, 5.41) is 0. The van der Waals surface area contributed by atoms with Gasteiger partial charge in [-0.25, -0.2) is 4.83 Å². The van der Waals surface area contributed by atoms with Crippen LogP contribution in [0.3, 0.4) is 0 Å². The number of carbonyl (C=O) groups excluding carboxylic acids is 1. The van der Waals surface area contributed by atoms with E-state index < -0.39 is 0 Å². The van der Waals surface area contributed by atoms with Gasteiger partial charge in [-0.15, -0.1) is 0 Å². The van der Waals surface area contributed by atoms with E-state index in [4.69, 9.17) is 0 Å². The Labute approximate surface area is 78.3 Å². The molecule has 7 heavy (non-hydrogen) atoms. The summed E-state index contributed by atoms with van der Waals surface area (Å²) in [6, 6.07) is 0. The molecule has 38 valence electrons. The van der Waals surface area contributed by atoms with Crippen molar-refractivity contribution >= 4 is 22.2 Å². The number of rotatable bonds is 1. The molecule has 0 heterocycles. The van der Waals surface area contributed by atoms with Crippen LogP contribution >= 0.6 is 15.9 Å². The van der Waals surface area contributed by atoms with Crippen LogP contribution in [0.25, 0.3) is 0 Å². The minimum atomic E-state index is -0.359. The molecule has 0 amide bonds. The first-order valence-electron chi connectivity index (χ1n) is 1.12. The minimum Gasteiger partial charge on any atom is -0.543 e. The summed E-state index contributed by atoms with van der Waals surface area (Å²) in [5.41, 5.74) is 0. The molecular weight excluding hydrogens is 233 g/mol. The minimum absolute atomic E-state index is 0. The summed E-state index contributed by atoms with van der Waals surface area (Å²) in [4.78, 5) is 8.91. The van der Waals surface area contributed by atoms with Crippen molar-refractivity contribution in [1.82, 2.24) is 0 Å². The van der Waals surface area contributed by atoms with Gasteiger partial charge in [-0.1, -0.05) is 0 Å². The topological polar surface area (TPSA) is 17.1 Å². The Bertz CT molecular complexity index is 38.7. The number of hydrogen-bond acceptors (Lipinski definition) is 1. The molecular formula is C4H6BrOY. The molecule has 1 atom stereocenters. The van der Waals surface area contributed by atoms with Crippen LogP contribution in [0, 0.1) is 14.4 Å². The average molecular weight is 239 g/mol. The van der Waals surface area contributed by atoms with E-state index in [-0.39, 0.29) is 45.0 Å². The zero-order chi connectivity index (χ0) is 4.28. The maximum atomic E-state index is 9.27. The molecule has 0 saturated carbocycles. The third-order valence-electron chi connectivity index (χ3n) is 0.128. The standard InChI is InChI=1S/C3H3BrO.CH3.Y/c1-3(4)2-5;;/h3H,1H2;1H3;/q-2;-1;+3. The Morgan fingerprint density at radius 1 is 1.71 bits per heavy atom. The van der Waals surface area contributed by atoms with Crippen LogP contribution in [-0.2, 0) is 37.5 Å². The van der Waals surface area contributed by atoms with Crippen molar-refractivity contribution in [3.8, 4) is 0 Å². The van der Waals surface area contributed by atoms with Gasteiger partial charge in [0.15, 0.2) is 0 Å². The Hall–Kier alpha value is 1.25. The van der Waals surface area contributed by atoms with Crippen LogP contribution in [0.15, 0.2) is 0 Å². The van der Waals surface area contributed by atoms with E-state index in [0.717, 1.165) is 0 Å². The first kappa shape index (κ1) is 15.7. The quantitative estimate of drug-likeness (QED) is 0.495. The second-order valence-corrected chi connectivity index (χ2v) is 1.69. The molecule has 0 aliphatic heterocycles. The van der Waals surface area contributed by atoms with Crippen LogP contribution in [0.5, 0.6) is 0 Å². The van der Waals surface area contributed by atoms with Crippen molar-refractivity contribution < 1.29 is 37.5 Å². The van der Waals surface area contributed by atoms with Crippen molar-refractivity contribution in [1.29, 1.82) is 0 Å². The summed E-state index contributed by atoms with van der Waals surface area (Å²) < 4.78 is 0. The molecule has 0 N–H and O–H groups in total. The molecule has 0 radical (unpaired) electrons. The van der Waals surface area contributed by atoms with E-state index >= 15 is 0 Å². The maximum absolute atomic E-state index is 9.27. The molecule has 0 aliphatic carbocycles. The van der Waals surface area contributed by atoms with E-state index in [9.17, 15) is 4.79 Å². The van der Waals surface area contributed by atoms with E-state index in [0.29, 0.717) is 0 Å². The first-order valence-corrected chi connectivity index (χ1v) is 2.03. The van der Waals surface area contributed by atoms with Crippen LogP contribution in [-0.4, -0.2) is 11.1 Å². The second-order valence-electron chi connectivity index (χ2n) is 0.585. The van der Waals surface area contributed by atoms with Gasteiger partial charge in [-0.2, -0.15) is 15.9 Å². The van der Waals surface area contributed by atoms with Crippen LogP contribution < -0.4 is 0 Å². The van der Waals surface area contributed by atoms with Gasteiger partial charge in [0.05, 0.1) is 0 Å². The zero-order valence-electron chi connectivity index (χ0n) is 4.15. The fraction of sp³-hybridized carbons (Fsp3) is 0.250. The summed E-state index contributed by atoms with van der Waals surface area (Å²) in [5.74, 6) is 0. The van der Waals surface area contributed by atoms with E-state index in [1.165, 1.54) is 0 Å². The van der Waals surface area contributed by atoms with Gasteiger partial charge in [0.1, 0.15) is 0 Å². The molecule has 0 aromatic carbocycles. The predicted octanol–water partition coefficient (Wildman–Crippen LogP) is 1.14. The van der Waals surface area contributed by atoms with Crippen molar-refractivity contribution in [3.63, 3.8) is 0 Å². The number of hydrogen-bond donors (Lipinski definition) is 0. The Balaban J connectivity index is -0.0000000800.